The second-order valence-electron chi connectivity index (χ2n) is 6.85. The molecule has 2 rings (SSSR count). The largest absolute Gasteiger partial charge is 0.504 e. The molecule has 0 aliphatic carbocycles. The predicted octanol–water partition coefficient (Wildman–Crippen LogP) is 3.61. The fraction of sp³-hybridized carbons (Fsp3) is 0.300. The molecule has 0 saturated carbocycles. The van der Waals surface area contributed by atoms with Crippen LogP contribution in [0.4, 0.5) is 0 Å². The highest BCUT2D eigenvalue weighted by molar-refractivity contribution is 6.76. The highest BCUT2D eigenvalue weighted by Crippen LogP contribution is 2.27. The minimum absolute atomic E-state index is 0.192. The van der Waals surface area contributed by atoms with Gasteiger partial charge in [-0.3, -0.25) is 0 Å². The van der Waals surface area contributed by atoms with Gasteiger partial charge in [-0.2, -0.15) is 0 Å². The minimum atomic E-state index is -1.63. The van der Waals surface area contributed by atoms with Gasteiger partial charge in [0.25, 0.3) is 0 Å². The van der Waals surface area contributed by atoms with Crippen molar-refractivity contribution in [3.63, 3.8) is 0 Å². The summed E-state index contributed by atoms with van der Waals surface area (Å²) in [7, 11) is -0.727. The molecule has 0 amide bonds. The van der Waals surface area contributed by atoms with Crippen molar-refractivity contribution < 1.29 is 14.0 Å². The van der Waals surface area contributed by atoms with Crippen LogP contribution in [0.5, 0.6) is 11.5 Å². The molecule has 0 spiro atoms. The topological polar surface area (TPSA) is 38.7 Å². The smallest absolute Gasteiger partial charge is 0.178 e. The lowest BCUT2D eigenvalue weighted by Gasteiger charge is -2.23. The summed E-state index contributed by atoms with van der Waals surface area (Å²) in [4.78, 5) is 0. The second kappa shape index (κ2) is 9.03. The van der Waals surface area contributed by atoms with E-state index in [0.29, 0.717) is 5.75 Å². The number of benzene rings is 2. The van der Waals surface area contributed by atoms with Gasteiger partial charge < -0.3 is 14.0 Å². The molecule has 0 heterocycles. The lowest BCUT2D eigenvalue weighted by atomic mass is 10.1. The van der Waals surface area contributed by atoms with Crippen LogP contribution in [0.3, 0.4) is 0 Å². The molecule has 0 aliphatic heterocycles. The van der Waals surface area contributed by atoms with Crippen LogP contribution in [0.15, 0.2) is 49.0 Å². The predicted molar refractivity (Wildman–Crippen MR) is 111 cm³/mol. The number of aryl methyl sites for hydroxylation is 1. The minimum Gasteiger partial charge on any atom is -0.504 e. The highest BCUT2D eigenvalue weighted by Gasteiger charge is 2.21. The van der Waals surface area contributed by atoms with Gasteiger partial charge in [0.15, 0.2) is 29.6 Å². The van der Waals surface area contributed by atoms with Crippen molar-refractivity contribution in [2.75, 3.05) is 7.11 Å². The van der Waals surface area contributed by atoms with E-state index in [9.17, 15) is 5.11 Å². The van der Waals surface area contributed by atoms with Gasteiger partial charge in [-0.05, 0) is 60.4 Å². The van der Waals surface area contributed by atoms with Crippen molar-refractivity contribution in [3.8, 4) is 11.5 Å². The van der Waals surface area contributed by atoms with Crippen molar-refractivity contribution in [2.24, 2.45) is 0 Å². The SMILES string of the molecule is C=Cc1ccc([SiH2]O[Si](C)(C)CCCc2ccc(O)c(OC)c2)cc1. The summed E-state index contributed by atoms with van der Waals surface area (Å²) in [5.74, 6) is 0.735. The van der Waals surface area contributed by atoms with Crippen LogP contribution in [-0.2, 0) is 10.5 Å². The summed E-state index contributed by atoms with van der Waals surface area (Å²) in [6.45, 7) is 8.39. The first-order valence-electron chi connectivity index (χ1n) is 8.65. The molecule has 0 saturated heterocycles. The Hall–Kier alpha value is -1.83. The molecule has 0 radical (unpaired) electrons. The van der Waals surface area contributed by atoms with E-state index in [2.05, 4.69) is 43.9 Å². The first kappa shape index (κ1) is 19.5. The third-order valence-electron chi connectivity index (χ3n) is 4.33. The Kier molecular flexibility index (Phi) is 7.05. The molecule has 25 heavy (non-hydrogen) atoms. The van der Waals surface area contributed by atoms with Crippen molar-refractivity contribution in [3.05, 3.63) is 60.2 Å². The molecule has 134 valence electrons. The van der Waals surface area contributed by atoms with Crippen LogP contribution < -0.4 is 9.92 Å². The monoisotopic (exact) mass is 372 g/mol. The highest BCUT2D eigenvalue weighted by atomic mass is 28.4. The average molecular weight is 373 g/mol. The summed E-state index contributed by atoms with van der Waals surface area (Å²) in [5, 5.41) is 11.0. The number of hydrogen-bond acceptors (Lipinski definition) is 3. The molecule has 0 unspecified atom stereocenters. The molecular weight excluding hydrogens is 344 g/mol. The van der Waals surface area contributed by atoms with Crippen molar-refractivity contribution in [2.45, 2.75) is 32.0 Å². The Bertz CT molecular complexity index is 697. The summed E-state index contributed by atoms with van der Waals surface area (Å²) >= 11 is 0. The maximum absolute atomic E-state index is 9.66. The van der Waals surface area contributed by atoms with Crippen LogP contribution >= 0.6 is 0 Å². The van der Waals surface area contributed by atoms with Crippen LogP contribution in [0, 0.1) is 0 Å². The Balaban J connectivity index is 1.81. The fourth-order valence-corrected chi connectivity index (χ4v) is 6.96. The molecule has 0 aromatic heterocycles. The van der Waals surface area contributed by atoms with Gasteiger partial charge >= 0.3 is 0 Å². The van der Waals surface area contributed by atoms with Crippen LogP contribution in [0.1, 0.15) is 17.5 Å². The molecule has 0 bridgehead atoms. The van der Waals surface area contributed by atoms with Gasteiger partial charge in [0.2, 0.25) is 0 Å². The third-order valence-corrected chi connectivity index (χ3v) is 10.4. The molecule has 2 aromatic rings. The maximum Gasteiger partial charge on any atom is 0.178 e. The molecule has 0 fully saturated rings. The molecule has 0 aliphatic rings. The Labute approximate surface area is 154 Å². The number of phenols is 1. The standard InChI is InChI=1S/C20H28O3Si2/c1-5-16-8-11-18(12-9-16)24-23-25(3,4)14-6-7-17-10-13-19(21)20(15-17)22-2/h5,8-13,15,21H,1,6-7,14,24H2,2-4H3. The summed E-state index contributed by atoms with van der Waals surface area (Å²) in [5.41, 5.74) is 2.34. The maximum atomic E-state index is 9.66. The van der Waals surface area contributed by atoms with Crippen molar-refractivity contribution >= 4 is 29.3 Å². The molecule has 5 heteroatoms. The van der Waals surface area contributed by atoms with E-state index in [1.54, 1.807) is 13.2 Å². The van der Waals surface area contributed by atoms with Crippen molar-refractivity contribution in [1.82, 2.24) is 0 Å². The molecular formula is C20H28O3Si2. The molecule has 1 N–H and O–H groups in total. The average Bonchev–Trinajstić information content (AvgIpc) is 2.62. The van der Waals surface area contributed by atoms with E-state index in [0.717, 1.165) is 24.4 Å². The zero-order chi connectivity index (χ0) is 18.3. The van der Waals surface area contributed by atoms with E-state index in [1.165, 1.54) is 10.8 Å². The van der Waals surface area contributed by atoms with E-state index in [-0.39, 0.29) is 5.75 Å². The number of rotatable bonds is 9. The first-order chi connectivity index (χ1) is 11.9. The van der Waals surface area contributed by atoms with Gasteiger partial charge in [0.1, 0.15) is 0 Å². The van der Waals surface area contributed by atoms with Gasteiger partial charge in [0.05, 0.1) is 7.11 Å². The van der Waals surface area contributed by atoms with E-state index >= 15 is 0 Å². The Morgan fingerprint density at radius 3 is 2.52 bits per heavy atom. The van der Waals surface area contributed by atoms with E-state index in [4.69, 9.17) is 8.85 Å². The number of aromatic hydroxyl groups is 1. The fourth-order valence-electron chi connectivity index (χ4n) is 2.70. The van der Waals surface area contributed by atoms with Gasteiger partial charge in [-0.15, -0.1) is 0 Å². The summed E-state index contributed by atoms with van der Waals surface area (Å²) in [6.07, 6.45) is 3.94. The summed E-state index contributed by atoms with van der Waals surface area (Å²) in [6, 6.07) is 15.2. The Morgan fingerprint density at radius 2 is 1.88 bits per heavy atom. The number of phenolic OH excluding ortho intramolecular Hbond substituents is 1. The Morgan fingerprint density at radius 1 is 1.16 bits per heavy atom. The lowest BCUT2D eigenvalue weighted by molar-refractivity contribution is 0.373. The first-order valence-corrected chi connectivity index (χ1v) is 13.0. The zero-order valence-corrected chi connectivity index (χ0v) is 17.8. The molecule has 0 atom stereocenters. The third kappa shape index (κ3) is 6.19. The van der Waals surface area contributed by atoms with Crippen LogP contribution in [-0.4, -0.2) is 30.3 Å². The molecule has 3 nitrogen and oxygen atoms in total. The van der Waals surface area contributed by atoms with Crippen LogP contribution in [0.25, 0.3) is 6.08 Å². The van der Waals surface area contributed by atoms with Crippen molar-refractivity contribution in [1.29, 1.82) is 0 Å². The van der Waals surface area contributed by atoms with Gasteiger partial charge in [-0.25, -0.2) is 0 Å². The molecule has 2 aromatic carbocycles. The second-order valence-corrected chi connectivity index (χ2v) is 13.1. The lowest BCUT2D eigenvalue weighted by Crippen LogP contribution is -2.35. The number of ether oxygens (including phenoxy) is 1. The van der Waals surface area contributed by atoms with Gasteiger partial charge in [-0.1, -0.05) is 43.0 Å². The number of hydrogen-bond donors (Lipinski definition) is 1. The van der Waals surface area contributed by atoms with Gasteiger partial charge in [0, 0.05) is 0 Å². The number of methoxy groups -OCH3 is 1. The van der Waals surface area contributed by atoms with E-state index < -0.39 is 18.1 Å². The zero-order valence-electron chi connectivity index (χ0n) is 15.4. The quantitative estimate of drug-likeness (QED) is 0.684. The van der Waals surface area contributed by atoms with E-state index in [1.807, 2.05) is 18.2 Å². The summed E-state index contributed by atoms with van der Waals surface area (Å²) < 4.78 is 11.5. The normalized spacial score (nSPS) is 11.8. The van der Waals surface area contributed by atoms with Crippen LogP contribution in [0.2, 0.25) is 19.1 Å².